The summed E-state index contributed by atoms with van der Waals surface area (Å²) in [5.74, 6) is 3.37. The van der Waals surface area contributed by atoms with Gasteiger partial charge in [-0.2, -0.15) is 16.7 Å². The Kier molecular flexibility index (Phi) is 2.86. The fourth-order valence-corrected chi connectivity index (χ4v) is 2.70. The van der Waals surface area contributed by atoms with Gasteiger partial charge in [-0.3, -0.25) is 0 Å². The van der Waals surface area contributed by atoms with Crippen molar-refractivity contribution in [1.82, 2.24) is 25.0 Å². The van der Waals surface area contributed by atoms with E-state index in [-0.39, 0.29) is 6.04 Å². The molecule has 1 aliphatic rings. The molecule has 2 aromatic heterocycles. The quantitative estimate of drug-likeness (QED) is 0.853. The normalized spacial score (nSPS) is 20.6. The summed E-state index contributed by atoms with van der Waals surface area (Å²) in [6, 6.07) is 0.170. The van der Waals surface area contributed by atoms with Gasteiger partial charge in [-0.15, -0.1) is 0 Å². The fourth-order valence-electron chi connectivity index (χ4n) is 1.78. The molecule has 2 aromatic rings. The van der Waals surface area contributed by atoms with Crippen LogP contribution in [0, 0.1) is 0 Å². The summed E-state index contributed by atoms with van der Waals surface area (Å²) in [4.78, 5) is 8.46. The Morgan fingerprint density at radius 2 is 2.53 bits per heavy atom. The number of rotatable bonds is 2. The van der Waals surface area contributed by atoms with E-state index >= 15 is 0 Å². The van der Waals surface area contributed by atoms with E-state index in [1.807, 2.05) is 23.4 Å². The van der Waals surface area contributed by atoms with Gasteiger partial charge < -0.3 is 14.4 Å². The Hall–Kier alpha value is -1.34. The average Bonchev–Trinajstić information content (AvgIpc) is 2.98. The number of aryl methyl sites for hydroxylation is 1. The lowest BCUT2D eigenvalue weighted by Gasteiger charge is -2.19. The number of thioether (sulfide) groups is 1. The molecule has 1 fully saturated rings. The smallest absolute Gasteiger partial charge is 0.244 e. The van der Waals surface area contributed by atoms with Gasteiger partial charge in [-0.25, -0.2) is 4.98 Å². The van der Waals surface area contributed by atoms with Crippen LogP contribution in [0.25, 0.3) is 11.5 Å². The molecule has 6 nitrogen and oxygen atoms in total. The van der Waals surface area contributed by atoms with Crippen molar-refractivity contribution >= 4 is 11.8 Å². The number of nitrogens with zero attached hydrogens (tertiary/aromatic N) is 4. The molecule has 3 heterocycles. The molecule has 7 heteroatoms. The maximum atomic E-state index is 5.30. The number of aromatic nitrogens is 4. The van der Waals surface area contributed by atoms with E-state index in [0.29, 0.717) is 11.7 Å². The van der Waals surface area contributed by atoms with E-state index in [0.717, 1.165) is 23.7 Å². The third kappa shape index (κ3) is 2.07. The Bertz CT molecular complexity index is 502. The predicted octanol–water partition coefficient (Wildman–Crippen LogP) is 0.848. The minimum absolute atomic E-state index is 0.170. The van der Waals surface area contributed by atoms with Crippen molar-refractivity contribution < 1.29 is 4.52 Å². The Labute approximate surface area is 103 Å². The largest absolute Gasteiger partial charge is 0.337 e. The van der Waals surface area contributed by atoms with Gasteiger partial charge in [-0.1, -0.05) is 5.16 Å². The third-order valence-corrected chi connectivity index (χ3v) is 3.77. The zero-order chi connectivity index (χ0) is 11.7. The average molecular weight is 251 g/mol. The zero-order valence-electron chi connectivity index (χ0n) is 9.46. The van der Waals surface area contributed by atoms with Crippen LogP contribution in [0.3, 0.4) is 0 Å². The van der Waals surface area contributed by atoms with Crippen molar-refractivity contribution in [2.75, 3.05) is 18.1 Å². The van der Waals surface area contributed by atoms with E-state index in [2.05, 4.69) is 20.4 Å². The lowest BCUT2D eigenvalue weighted by molar-refractivity contribution is 0.342. The minimum atomic E-state index is 0.170. The van der Waals surface area contributed by atoms with E-state index in [1.54, 1.807) is 12.5 Å². The molecular weight excluding hydrogens is 238 g/mol. The highest BCUT2D eigenvalue weighted by molar-refractivity contribution is 7.99. The Balaban J connectivity index is 1.85. The van der Waals surface area contributed by atoms with Crippen LogP contribution in [0.5, 0.6) is 0 Å². The van der Waals surface area contributed by atoms with Gasteiger partial charge in [0.25, 0.3) is 0 Å². The van der Waals surface area contributed by atoms with Gasteiger partial charge in [0.05, 0.1) is 18.6 Å². The third-order valence-electron chi connectivity index (χ3n) is 2.71. The van der Waals surface area contributed by atoms with Crippen molar-refractivity contribution in [3.8, 4) is 11.5 Å². The highest BCUT2D eigenvalue weighted by Gasteiger charge is 2.22. The van der Waals surface area contributed by atoms with Gasteiger partial charge in [0, 0.05) is 25.1 Å². The van der Waals surface area contributed by atoms with E-state index < -0.39 is 0 Å². The maximum absolute atomic E-state index is 5.30. The van der Waals surface area contributed by atoms with Gasteiger partial charge in [-0.05, 0) is 0 Å². The number of nitrogens with one attached hydrogen (secondary N) is 1. The van der Waals surface area contributed by atoms with Crippen molar-refractivity contribution in [2.45, 2.75) is 6.04 Å². The molecule has 90 valence electrons. The number of imidazole rings is 1. The summed E-state index contributed by atoms with van der Waals surface area (Å²) in [5, 5.41) is 7.37. The summed E-state index contributed by atoms with van der Waals surface area (Å²) in [6.45, 7) is 0.985. The molecule has 0 aromatic carbocycles. The van der Waals surface area contributed by atoms with Crippen LogP contribution < -0.4 is 5.32 Å². The summed E-state index contributed by atoms with van der Waals surface area (Å²) in [5.41, 5.74) is 0.864. The van der Waals surface area contributed by atoms with Crippen LogP contribution in [0.2, 0.25) is 0 Å². The van der Waals surface area contributed by atoms with Crippen molar-refractivity contribution in [2.24, 2.45) is 7.05 Å². The second-order valence-electron chi connectivity index (χ2n) is 3.93. The first-order chi connectivity index (χ1) is 8.34. The van der Waals surface area contributed by atoms with E-state index in [4.69, 9.17) is 4.52 Å². The van der Waals surface area contributed by atoms with Crippen molar-refractivity contribution in [3.63, 3.8) is 0 Å². The second-order valence-corrected chi connectivity index (χ2v) is 5.08. The molecule has 0 saturated carbocycles. The number of hydrogen-bond donors (Lipinski definition) is 1. The summed E-state index contributed by atoms with van der Waals surface area (Å²) in [7, 11) is 1.91. The SMILES string of the molecule is Cn1cncc1-c1noc(C2CSCCN2)n1. The first kappa shape index (κ1) is 10.8. The Morgan fingerprint density at radius 1 is 1.59 bits per heavy atom. The molecule has 1 N–H and O–H groups in total. The topological polar surface area (TPSA) is 68.8 Å². The van der Waals surface area contributed by atoms with Crippen LogP contribution in [-0.4, -0.2) is 37.7 Å². The molecule has 1 saturated heterocycles. The van der Waals surface area contributed by atoms with Gasteiger partial charge in [0.1, 0.15) is 5.69 Å². The summed E-state index contributed by atoms with van der Waals surface area (Å²) >= 11 is 1.90. The molecule has 0 amide bonds. The molecule has 1 unspecified atom stereocenters. The van der Waals surface area contributed by atoms with Crippen LogP contribution in [0.15, 0.2) is 17.0 Å². The van der Waals surface area contributed by atoms with Crippen LogP contribution in [0.4, 0.5) is 0 Å². The fraction of sp³-hybridized carbons (Fsp3) is 0.500. The molecule has 0 bridgehead atoms. The lowest BCUT2D eigenvalue weighted by Crippen LogP contribution is -2.30. The predicted molar refractivity (Wildman–Crippen MR) is 64.6 cm³/mol. The zero-order valence-corrected chi connectivity index (χ0v) is 10.3. The second kappa shape index (κ2) is 4.50. The molecule has 17 heavy (non-hydrogen) atoms. The lowest BCUT2D eigenvalue weighted by atomic mass is 10.3. The highest BCUT2D eigenvalue weighted by Crippen LogP contribution is 2.22. The van der Waals surface area contributed by atoms with Crippen molar-refractivity contribution in [3.05, 3.63) is 18.4 Å². The molecule has 0 spiro atoms. The van der Waals surface area contributed by atoms with Gasteiger partial charge in [0.2, 0.25) is 11.7 Å². The summed E-state index contributed by atoms with van der Waals surface area (Å²) in [6.07, 6.45) is 3.46. The van der Waals surface area contributed by atoms with Crippen LogP contribution in [0.1, 0.15) is 11.9 Å². The molecule has 1 aliphatic heterocycles. The maximum Gasteiger partial charge on any atom is 0.244 e. The standard InChI is InChI=1S/C10H13N5OS/c1-15-6-11-4-8(15)9-13-10(16-14-9)7-5-17-3-2-12-7/h4,6-7,12H,2-3,5H2,1H3. The molecular formula is C10H13N5OS. The van der Waals surface area contributed by atoms with Crippen LogP contribution >= 0.6 is 11.8 Å². The monoisotopic (exact) mass is 251 g/mol. The van der Waals surface area contributed by atoms with Gasteiger partial charge >= 0.3 is 0 Å². The molecule has 1 atom stereocenters. The Morgan fingerprint density at radius 3 is 3.24 bits per heavy atom. The molecule has 3 rings (SSSR count). The van der Waals surface area contributed by atoms with Crippen LogP contribution in [-0.2, 0) is 7.05 Å². The summed E-state index contributed by atoms with van der Waals surface area (Å²) < 4.78 is 7.18. The minimum Gasteiger partial charge on any atom is -0.337 e. The number of hydrogen-bond acceptors (Lipinski definition) is 6. The van der Waals surface area contributed by atoms with E-state index in [9.17, 15) is 0 Å². The van der Waals surface area contributed by atoms with Gasteiger partial charge in [0.15, 0.2) is 0 Å². The first-order valence-electron chi connectivity index (χ1n) is 5.46. The first-order valence-corrected chi connectivity index (χ1v) is 6.61. The molecule has 0 radical (unpaired) electrons. The molecule has 0 aliphatic carbocycles. The van der Waals surface area contributed by atoms with Crippen molar-refractivity contribution in [1.29, 1.82) is 0 Å². The highest BCUT2D eigenvalue weighted by atomic mass is 32.2. The van der Waals surface area contributed by atoms with E-state index in [1.165, 1.54) is 0 Å².